The highest BCUT2D eigenvalue weighted by atomic mass is 19.1. The highest BCUT2D eigenvalue weighted by Gasteiger charge is 2.56. The maximum absolute atomic E-state index is 15.0. The summed E-state index contributed by atoms with van der Waals surface area (Å²) in [5.41, 5.74) is 1.14. The van der Waals surface area contributed by atoms with Gasteiger partial charge in [0, 0.05) is 24.2 Å². The number of aromatic nitrogens is 1. The van der Waals surface area contributed by atoms with Crippen molar-refractivity contribution in [1.82, 2.24) is 4.98 Å². The number of halogens is 1. The van der Waals surface area contributed by atoms with Gasteiger partial charge in [0.25, 0.3) is 5.91 Å². The monoisotopic (exact) mass is 578 g/mol. The van der Waals surface area contributed by atoms with Crippen LogP contribution in [-0.2, 0) is 26.3 Å². The van der Waals surface area contributed by atoms with Crippen molar-refractivity contribution < 1.29 is 18.8 Å². The summed E-state index contributed by atoms with van der Waals surface area (Å²) in [6, 6.07) is 17.7. The molecule has 2 atom stereocenters. The smallest absolute Gasteiger partial charge is 0.251 e. The van der Waals surface area contributed by atoms with E-state index in [1.807, 2.05) is 24.3 Å². The third-order valence-corrected chi connectivity index (χ3v) is 9.62. The van der Waals surface area contributed by atoms with Crippen LogP contribution in [0.5, 0.6) is 0 Å². The Morgan fingerprint density at radius 1 is 1.00 bits per heavy atom. The van der Waals surface area contributed by atoms with E-state index in [2.05, 4.69) is 24.9 Å². The third kappa shape index (κ3) is 5.01. The van der Waals surface area contributed by atoms with Crippen LogP contribution in [0.15, 0.2) is 66.9 Å². The molecule has 2 aromatic carbocycles. The number of carbonyl (C=O) groups excluding carboxylic acids is 3. The summed E-state index contributed by atoms with van der Waals surface area (Å²) in [6.07, 6.45) is 5.98. The lowest BCUT2D eigenvalue weighted by atomic mass is 9.68. The van der Waals surface area contributed by atoms with Crippen LogP contribution >= 0.6 is 0 Å². The van der Waals surface area contributed by atoms with Crippen LogP contribution in [0, 0.1) is 28.5 Å². The molecule has 2 amide bonds. The summed E-state index contributed by atoms with van der Waals surface area (Å²) in [4.78, 5) is 50.4. The maximum atomic E-state index is 15.0. The molecule has 0 spiro atoms. The number of benzene rings is 2. The van der Waals surface area contributed by atoms with Crippen LogP contribution in [0.1, 0.15) is 75.5 Å². The van der Waals surface area contributed by atoms with Crippen LogP contribution in [0.4, 0.5) is 15.9 Å². The van der Waals surface area contributed by atoms with E-state index < -0.39 is 23.3 Å². The second-order valence-corrected chi connectivity index (χ2v) is 12.8. The molecular formula is C35H35FN4O3. The zero-order valence-corrected chi connectivity index (χ0v) is 24.6. The number of nitriles is 1. The second kappa shape index (κ2) is 11.0. The number of ketones is 1. The summed E-state index contributed by atoms with van der Waals surface area (Å²) in [5, 5.41) is 9.47. The molecule has 0 unspecified atom stereocenters. The summed E-state index contributed by atoms with van der Waals surface area (Å²) < 4.78 is 14.9. The first-order valence-corrected chi connectivity index (χ1v) is 15.1. The number of nitrogens with zero attached hydrogens (tertiary/aromatic N) is 4. The van der Waals surface area contributed by atoms with Crippen molar-refractivity contribution in [3.05, 3.63) is 89.4 Å². The quantitative estimate of drug-likeness (QED) is 0.345. The van der Waals surface area contributed by atoms with E-state index in [-0.39, 0.29) is 47.4 Å². The Bertz CT molecular complexity index is 1640. The van der Waals surface area contributed by atoms with Gasteiger partial charge in [0.1, 0.15) is 23.2 Å². The van der Waals surface area contributed by atoms with Gasteiger partial charge in [0.2, 0.25) is 5.91 Å². The van der Waals surface area contributed by atoms with E-state index in [9.17, 15) is 24.0 Å². The average Bonchev–Trinajstić information content (AvgIpc) is 3.58. The Balaban J connectivity index is 1.51. The fraction of sp³-hybridized carbons (Fsp3) is 0.400. The lowest BCUT2D eigenvalue weighted by Crippen LogP contribution is -2.60. The van der Waals surface area contributed by atoms with Crippen molar-refractivity contribution in [2.45, 2.75) is 76.8 Å². The third-order valence-electron chi connectivity index (χ3n) is 9.62. The number of rotatable bonds is 6. The Morgan fingerprint density at radius 2 is 1.77 bits per heavy atom. The molecule has 1 aromatic heterocycles. The van der Waals surface area contributed by atoms with E-state index >= 15 is 0 Å². The highest BCUT2D eigenvalue weighted by molar-refractivity contribution is 6.12. The standard InChI is InChI=1S/C35H35FN4O3/c1-34(2)16-12-25(13-17-34)32(42)35(18-14-24-6-3-4-9-28(24)35)40(27-8-5-7-26(36)21-27)33(43)29-10-11-31(41)39(29)30-20-23(22-37)15-19-38-30/h3-9,15,19-21,25,29H,10-14,16-18H2,1-2H3/t29-,35+/m0/s1. The fourth-order valence-electron chi connectivity index (χ4n) is 7.31. The van der Waals surface area contributed by atoms with Crippen LogP contribution in [0.2, 0.25) is 0 Å². The number of aryl methyl sites for hydroxylation is 1. The lowest BCUT2D eigenvalue weighted by molar-refractivity contribution is -0.134. The van der Waals surface area contributed by atoms with Gasteiger partial charge in [-0.15, -0.1) is 0 Å². The molecule has 0 bridgehead atoms. The van der Waals surface area contributed by atoms with Crippen LogP contribution in [-0.4, -0.2) is 28.6 Å². The Kier molecular flexibility index (Phi) is 7.37. The highest BCUT2D eigenvalue weighted by Crippen LogP contribution is 2.50. The van der Waals surface area contributed by atoms with Gasteiger partial charge in [0.15, 0.2) is 5.78 Å². The van der Waals surface area contributed by atoms with Crippen LogP contribution in [0.25, 0.3) is 0 Å². The van der Waals surface area contributed by atoms with E-state index in [1.54, 1.807) is 12.1 Å². The molecule has 220 valence electrons. The summed E-state index contributed by atoms with van der Waals surface area (Å²) in [7, 11) is 0. The van der Waals surface area contributed by atoms with Gasteiger partial charge in [-0.2, -0.15) is 5.26 Å². The van der Waals surface area contributed by atoms with E-state index in [0.717, 1.165) is 36.8 Å². The number of hydrogen-bond acceptors (Lipinski definition) is 5. The minimum absolute atomic E-state index is 0.0222. The number of pyridine rings is 1. The summed E-state index contributed by atoms with van der Waals surface area (Å²) in [5.74, 6) is -1.33. The van der Waals surface area contributed by atoms with Crippen molar-refractivity contribution in [2.75, 3.05) is 9.80 Å². The molecule has 0 radical (unpaired) electrons. The molecule has 8 heteroatoms. The minimum Gasteiger partial charge on any atom is -0.296 e. The molecule has 1 aliphatic heterocycles. The normalized spacial score (nSPS) is 23.1. The summed E-state index contributed by atoms with van der Waals surface area (Å²) in [6.45, 7) is 4.44. The average molecular weight is 579 g/mol. The van der Waals surface area contributed by atoms with Crippen LogP contribution < -0.4 is 9.80 Å². The van der Waals surface area contributed by atoms with Gasteiger partial charge in [-0.1, -0.05) is 44.2 Å². The Hall–Kier alpha value is -4.38. The van der Waals surface area contributed by atoms with Gasteiger partial charge < -0.3 is 0 Å². The van der Waals surface area contributed by atoms with Gasteiger partial charge in [-0.25, -0.2) is 9.37 Å². The first kappa shape index (κ1) is 28.7. The number of hydrogen-bond donors (Lipinski definition) is 0. The molecule has 3 aliphatic rings. The number of carbonyl (C=O) groups is 3. The molecule has 2 aliphatic carbocycles. The first-order valence-electron chi connectivity index (χ1n) is 15.1. The molecule has 2 heterocycles. The molecule has 3 aromatic rings. The molecule has 0 N–H and O–H groups in total. The molecular weight excluding hydrogens is 543 g/mol. The molecule has 1 saturated heterocycles. The molecule has 43 heavy (non-hydrogen) atoms. The first-order chi connectivity index (χ1) is 20.6. The molecule has 1 saturated carbocycles. The number of fused-ring (bicyclic) bond motifs is 1. The van der Waals surface area contributed by atoms with Crippen LogP contribution in [0.3, 0.4) is 0 Å². The Morgan fingerprint density at radius 3 is 2.51 bits per heavy atom. The summed E-state index contributed by atoms with van der Waals surface area (Å²) >= 11 is 0. The van der Waals surface area contributed by atoms with Crippen molar-refractivity contribution in [2.24, 2.45) is 11.3 Å². The fourth-order valence-corrected chi connectivity index (χ4v) is 7.31. The van der Waals surface area contributed by atoms with Gasteiger partial charge in [0.05, 0.1) is 11.6 Å². The number of amides is 2. The largest absolute Gasteiger partial charge is 0.296 e. The van der Waals surface area contributed by atoms with E-state index in [1.165, 1.54) is 40.3 Å². The second-order valence-electron chi connectivity index (χ2n) is 12.8. The number of anilines is 2. The van der Waals surface area contributed by atoms with Crippen molar-refractivity contribution >= 4 is 29.1 Å². The zero-order chi connectivity index (χ0) is 30.4. The van der Waals surface area contributed by atoms with Crippen molar-refractivity contribution in [3.8, 4) is 6.07 Å². The topological polar surface area (TPSA) is 94.4 Å². The van der Waals surface area contributed by atoms with Gasteiger partial charge in [-0.05, 0) is 91.8 Å². The van der Waals surface area contributed by atoms with Gasteiger partial charge in [-0.3, -0.25) is 24.2 Å². The van der Waals surface area contributed by atoms with Crippen molar-refractivity contribution in [1.29, 1.82) is 5.26 Å². The predicted molar refractivity (Wildman–Crippen MR) is 161 cm³/mol. The molecule has 6 rings (SSSR count). The maximum Gasteiger partial charge on any atom is 0.251 e. The molecule has 7 nitrogen and oxygen atoms in total. The Labute approximate surface area is 251 Å². The molecule has 2 fully saturated rings. The SMILES string of the molecule is CC1(C)CCC(C(=O)[C@@]2(N(C(=O)[C@@H]3CCC(=O)N3c3cc(C#N)ccn3)c3cccc(F)c3)CCc3ccccc32)CC1. The zero-order valence-electron chi connectivity index (χ0n) is 24.6. The predicted octanol–water partition coefficient (Wildman–Crippen LogP) is 6.25. The lowest BCUT2D eigenvalue weighted by Gasteiger charge is -2.46. The minimum atomic E-state index is -1.35. The number of Topliss-reactive ketones (excluding diaryl/α,β-unsaturated/α-hetero) is 1. The van der Waals surface area contributed by atoms with E-state index in [0.29, 0.717) is 18.4 Å². The van der Waals surface area contributed by atoms with Crippen molar-refractivity contribution in [3.63, 3.8) is 0 Å². The van der Waals surface area contributed by atoms with E-state index in [4.69, 9.17) is 0 Å². The van der Waals surface area contributed by atoms with Gasteiger partial charge >= 0.3 is 0 Å².